The summed E-state index contributed by atoms with van der Waals surface area (Å²) in [6, 6.07) is 18.0. The molecule has 13 aliphatic carbocycles. The van der Waals surface area contributed by atoms with E-state index in [1.54, 1.807) is 33.2 Å². The van der Waals surface area contributed by atoms with Gasteiger partial charge in [-0.3, -0.25) is 4.79 Å². The average molecular weight is 1040 g/mol. The summed E-state index contributed by atoms with van der Waals surface area (Å²) in [7, 11) is 0. The molecule has 400 valence electrons. The van der Waals surface area contributed by atoms with E-state index in [4.69, 9.17) is 33.2 Å². The zero-order valence-corrected chi connectivity index (χ0v) is 45.7. The Morgan fingerprint density at radius 3 is 1.91 bits per heavy atom. The van der Waals surface area contributed by atoms with Gasteiger partial charge in [-0.05, 0) is 260 Å². The first kappa shape index (κ1) is 44.9. The van der Waals surface area contributed by atoms with Crippen molar-refractivity contribution in [3.05, 3.63) is 115 Å². The molecule has 0 radical (unpaired) electrons. The first-order valence-corrected chi connectivity index (χ1v) is 31.2. The fraction of sp³-hybridized carbons (Fsp3) is 0.586. The van der Waals surface area contributed by atoms with Gasteiger partial charge in [0.15, 0.2) is 0 Å². The maximum atomic E-state index is 14.5. The van der Waals surface area contributed by atoms with Crippen molar-refractivity contribution < 1.29 is 38.0 Å². The molecular weight excluding hydrogens is 969 g/mol. The minimum Gasteiger partial charge on any atom is -0.493 e. The molecule has 15 atom stereocenters. The summed E-state index contributed by atoms with van der Waals surface area (Å²) in [6.07, 6.45) is 13.6. The monoisotopic (exact) mass is 1040 g/mol. The standard InChI is InChI=1S/C70H72O8/c1-33-44-27-45-42-16-15-39-38-13-14-40-41-17-18-43-53-51(41)56-48(40)47(38)55-49(39)50(42)57-52(45)54(44)64-61-59(57)58(55)60(56)62(61)65(53)70(33)63(43)66(70)69(64,35-10-5-4-6-11-35)19-7-12-46(71)76-28-34-24-36(74-20-8-22-77-67(2)29-72-30-67)26-37(25-34)75-21-9-23-78-68(3)31-73-32-68/h4-6,10-11,24-26,33,38-45,49-50,63,66H,7-9,12-23,27-32H2,1-3H3. The predicted molar refractivity (Wildman–Crippen MR) is 295 cm³/mol. The van der Waals surface area contributed by atoms with Gasteiger partial charge in [-0.2, -0.15) is 0 Å². The van der Waals surface area contributed by atoms with Gasteiger partial charge >= 0.3 is 5.97 Å². The molecule has 8 nitrogen and oxygen atoms in total. The first-order valence-electron chi connectivity index (χ1n) is 31.2. The van der Waals surface area contributed by atoms with Crippen LogP contribution in [0.15, 0.2) is 48.5 Å². The molecule has 0 amide bonds. The van der Waals surface area contributed by atoms with Crippen LogP contribution in [0.3, 0.4) is 0 Å². The maximum Gasteiger partial charge on any atom is 0.306 e. The molecule has 5 aromatic rings. The number of carbonyl (C=O) groups is 1. The Bertz CT molecular complexity index is 3540. The van der Waals surface area contributed by atoms with Crippen LogP contribution in [0.25, 0.3) is 33.0 Å². The van der Waals surface area contributed by atoms with Crippen molar-refractivity contribution in [2.45, 2.75) is 174 Å². The summed E-state index contributed by atoms with van der Waals surface area (Å²) in [5.74, 6) is 10.5. The molecule has 2 saturated heterocycles. The number of benzene rings is 5. The van der Waals surface area contributed by atoms with Gasteiger partial charge in [-0.25, -0.2) is 0 Å². The zero-order chi connectivity index (χ0) is 51.1. The van der Waals surface area contributed by atoms with Gasteiger partial charge in [0.05, 0.1) is 52.9 Å². The van der Waals surface area contributed by atoms with Crippen molar-refractivity contribution >= 4 is 16.7 Å². The highest BCUT2D eigenvalue weighted by molar-refractivity contribution is 6.25. The lowest BCUT2D eigenvalue weighted by atomic mass is 9.58. The van der Waals surface area contributed by atoms with E-state index in [2.05, 4.69) is 51.1 Å². The highest BCUT2D eigenvalue weighted by atomic mass is 16.6. The molecule has 1 spiro atoms. The summed E-state index contributed by atoms with van der Waals surface area (Å²) < 4.78 is 42.0. The molecule has 4 fully saturated rings. The van der Waals surface area contributed by atoms with E-state index in [0.717, 1.165) is 72.7 Å². The number of fused-ring (bicyclic) bond motifs is 4. The number of rotatable bonds is 19. The Morgan fingerprint density at radius 2 is 1.22 bits per heavy atom. The summed E-state index contributed by atoms with van der Waals surface area (Å²) >= 11 is 0. The Labute approximate surface area is 457 Å². The molecule has 20 rings (SSSR count). The lowest BCUT2D eigenvalue weighted by Crippen LogP contribution is -2.49. The van der Waals surface area contributed by atoms with Gasteiger partial charge in [0, 0.05) is 36.2 Å². The predicted octanol–water partition coefficient (Wildman–Crippen LogP) is 13.7. The molecule has 15 unspecified atom stereocenters. The highest BCUT2D eigenvalue weighted by Crippen LogP contribution is 2.92. The summed E-state index contributed by atoms with van der Waals surface area (Å²) in [4.78, 5) is 14.5. The zero-order valence-electron chi connectivity index (χ0n) is 45.7. The molecule has 5 aromatic carbocycles. The minimum atomic E-state index is -0.192. The number of esters is 1. The molecule has 0 aromatic heterocycles. The van der Waals surface area contributed by atoms with Crippen molar-refractivity contribution in [1.82, 2.24) is 0 Å². The third-order valence-electron chi connectivity index (χ3n) is 25.4. The molecule has 2 aliphatic heterocycles. The van der Waals surface area contributed by atoms with Crippen molar-refractivity contribution in [1.29, 1.82) is 0 Å². The second-order valence-electron chi connectivity index (χ2n) is 28.7. The number of ether oxygens (including phenoxy) is 7. The van der Waals surface area contributed by atoms with E-state index >= 15 is 0 Å². The molecule has 15 aliphatic rings. The SMILES string of the molecule is CC1C2CC3c4c2c2c5c6c4C4C3CCC3C7CCC8c9c7c(c-6c6c-5c5c7c(c96)C8CCC7C6C(C2(CCCC(=O)OCc2cc(OCCCOC7(C)COC7)cc(OCCCOC7(C)COC7)c2)c2ccccc2)C516)C34. The molecule has 78 heavy (non-hydrogen) atoms. The second-order valence-corrected chi connectivity index (χ2v) is 28.7. The number of carbonyl (C=O) groups excluding carboxylic acids is 1. The van der Waals surface area contributed by atoms with Crippen LogP contribution < -0.4 is 9.47 Å². The van der Waals surface area contributed by atoms with Gasteiger partial charge in [-0.1, -0.05) is 37.3 Å². The number of hydrogen-bond acceptors (Lipinski definition) is 8. The van der Waals surface area contributed by atoms with Crippen LogP contribution in [0.2, 0.25) is 0 Å². The lowest BCUT2D eigenvalue weighted by Gasteiger charge is -2.45. The Kier molecular flexibility index (Phi) is 8.55. The topological polar surface area (TPSA) is 81.7 Å². The normalized spacial score (nSPS) is 37.3. The van der Waals surface area contributed by atoms with Crippen LogP contribution in [0.4, 0.5) is 0 Å². The van der Waals surface area contributed by atoms with E-state index in [9.17, 15) is 4.79 Å². The first-order chi connectivity index (χ1) is 38.2. The summed E-state index contributed by atoms with van der Waals surface area (Å²) in [5.41, 5.74) is 28.1. The number of hydrogen-bond donors (Lipinski definition) is 0. The average Bonchev–Trinajstić information content (AvgIpc) is 1.77. The van der Waals surface area contributed by atoms with E-state index in [-0.39, 0.29) is 34.6 Å². The molecule has 0 N–H and O–H groups in total. The van der Waals surface area contributed by atoms with Gasteiger partial charge in [0.1, 0.15) is 29.3 Å². The maximum absolute atomic E-state index is 14.5. The largest absolute Gasteiger partial charge is 0.493 e. The molecular formula is C70H72O8. The van der Waals surface area contributed by atoms with Crippen LogP contribution in [0, 0.1) is 29.6 Å². The van der Waals surface area contributed by atoms with Gasteiger partial charge < -0.3 is 33.2 Å². The summed E-state index contributed by atoms with van der Waals surface area (Å²) in [6.45, 7) is 11.9. The highest BCUT2D eigenvalue weighted by Gasteiger charge is 2.85. The third kappa shape index (κ3) is 5.04. The van der Waals surface area contributed by atoms with Crippen molar-refractivity contribution in [2.24, 2.45) is 29.6 Å². The van der Waals surface area contributed by atoms with Gasteiger partial charge in [0.2, 0.25) is 0 Å². The van der Waals surface area contributed by atoms with Crippen molar-refractivity contribution in [3.63, 3.8) is 0 Å². The lowest BCUT2D eigenvalue weighted by molar-refractivity contribution is -0.199. The van der Waals surface area contributed by atoms with E-state index in [1.165, 1.54) is 50.5 Å². The quantitative estimate of drug-likeness (QED) is 0.0586. The van der Waals surface area contributed by atoms with Crippen LogP contribution in [0.1, 0.15) is 212 Å². The fourth-order valence-electron chi connectivity index (χ4n) is 23.4. The van der Waals surface area contributed by atoms with Crippen molar-refractivity contribution in [3.8, 4) is 33.8 Å². The minimum absolute atomic E-state index is 0.117. The third-order valence-corrected chi connectivity index (χ3v) is 25.4. The van der Waals surface area contributed by atoms with E-state index < -0.39 is 0 Å². The second kappa shape index (κ2) is 14.8. The Hall–Kier alpha value is -4.73. The smallest absolute Gasteiger partial charge is 0.306 e. The van der Waals surface area contributed by atoms with Crippen LogP contribution in [0.5, 0.6) is 11.5 Å². The molecule has 8 heteroatoms. The van der Waals surface area contributed by atoms with Crippen LogP contribution in [-0.4, -0.2) is 70.0 Å². The van der Waals surface area contributed by atoms with Gasteiger partial charge in [0.25, 0.3) is 0 Å². The Morgan fingerprint density at radius 1 is 0.590 bits per heavy atom. The van der Waals surface area contributed by atoms with Crippen LogP contribution >= 0.6 is 0 Å². The molecule has 2 bridgehead atoms. The molecule has 2 saturated carbocycles. The fourth-order valence-corrected chi connectivity index (χ4v) is 23.4. The van der Waals surface area contributed by atoms with Crippen molar-refractivity contribution in [2.75, 3.05) is 52.9 Å². The molecule has 2 heterocycles. The Balaban J connectivity index is 0.668. The van der Waals surface area contributed by atoms with E-state index in [1.807, 2.05) is 73.7 Å². The van der Waals surface area contributed by atoms with E-state index in [0.29, 0.717) is 106 Å². The van der Waals surface area contributed by atoms with Gasteiger partial charge in [-0.15, -0.1) is 0 Å². The summed E-state index contributed by atoms with van der Waals surface area (Å²) in [5, 5.41) is 3.63. The van der Waals surface area contributed by atoms with Crippen LogP contribution in [-0.2, 0) is 45.9 Å².